The minimum Gasteiger partial charge on any atom is -0.481 e. The van der Waals surface area contributed by atoms with Crippen LogP contribution in [0, 0.1) is 5.92 Å². The van der Waals surface area contributed by atoms with Crippen LogP contribution in [0.5, 0.6) is 0 Å². The summed E-state index contributed by atoms with van der Waals surface area (Å²) in [4.78, 5) is 10.9. The van der Waals surface area contributed by atoms with Crippen molar-refractivity contribution in [3.05, 3.63) is 5.82 Å². The number of aliphatic carboxylic acids is 1. The molecule has 1 aromatic heterocycles. The van der Waals surface area contributed by atoms with Crippen LogP contribution in [0.3, 0.4) is 0 Å². The third kappa shape index (κ3) is 3.45. The van der Waals surface area contributed by atoms with Crippen LogP contribution in [-0.2, 0) is 21.5 Å². The molecule has 106 valence electrons. The Balaban J connectivity index is 1.96. The minimum absolute atomic E-state index is 0.0170. The number of hydrogen-bond acceptors (Lipinski definition) is 6. The largest absolute Gasteiger partial charge is 0.481 e. The maximum Gasteiger partial charge on any atom is 0.307 e. The van der Waals surface area contributed by atoms with Gasteiger partial charge in [0, 0.05) is 13.1 Å². The van der Waals surface area contributed by atoms with Crippen molar-refractivity contribution < 1.29 is 18.3 Å². The molecule has 11 heteroatoms. The maximum atomic E-state index is 12.0. The van der Waals surface area contributed by atoms with Gasteiger partial charge in [0.15, 0.2) is 5.82 Å². The van der Waals surface area contributed by atoms with Crippen LogP contribution in [0.4, 0.5) is 0 Å². The van der Waals surface area contributed by atoms with E-state index in [1.807, 2.05) is 0 Å². The first-order valence-corrected chi connectivity index (χ1v) is 7.13. The first kappa shape index (κ1) is 13.8. The maximum absolute atomic E-state index is 12.0. The average Bonchev–Trinajstić information content (AvgIpc) is 2.90. The Hall–Kier alpha value is -1.59. The molecule has 10 nitrogen and oxygen atoms in total. The van der Waals surface area contributed by atoms with E-state index in [0.29, 0.717) is 19.4 Å². The lowest BCUT2D eigenvalue weighted by Crippen LogP contribution is -2.47. The predicted molar refractivity (Wildman–Crippen MR) is 61.9 cm³/mol. The van der Waals surface area contributed by atoms with Gasteiger partial charge in [-0.1, -0.05) is 5.21 Å². The molecule has 2 rings (SSSR count). The summed E-state index contributed by atoms with van der Waals surface area (Å²) in [5.74, 6) is -1.41. The zero-order valence-electron chi connectivity index (χ0n) is 9.98. The molecular formula is C8H14N6O4S. The predicted octanol–water partition coefficient (Wildman–Crippen LogP) is -1.67. The Labute approximate surface area is 109 Å². The van der Waals surface area contributed by atoms with Crippen LogP contribution < -0.4 is 4.72 Å². The van der Waals surface area contributed by atoms with Crippen LogP contribution in [0.25, 0.3) is 0 Å². The minimum atomic E-state index is -3.73. The fourth-order valence-corrected chi connectivity index (χ4v) is 3.11. The molecule has 1 unspecified atom stereocenters. The summed E-state index contributed by atoms with van der Waals surface area (Å²) in [5.41, 5.74) is 0. The van der Waals surface area contributed by atoms with Crippen molar-refractivity contribution in [1.29, 1.82) is 0 Å². The molecule has 0 spiro atoms. The molecule has 3 N–H and O–H groups in total. The summed E-state index contributed by atoms with van der Waals surface area (Å²) in [6, 6.07) is 0. The van der Waals surface area contributed by atoms with Gasteiger partial charge in [0.05, 0.1) is 12.5 Å². The monoisotopic (exact) mass is 290 g/mol. The second-order valence-electron chi connectivity index (χ2n) is 4.19. The van der Waals surface area contributed by atoms with E-state index >= 15 is 0 Å². The first-order chi connectivity index (χ1) is 8.99. The Morgan fingerprint density at radius 1 is 1.58 bits per heavy atom. The number of nitrogens with zero attached hydrogens (tertiary/aromatic N) is 4. The molecule has 0 bridgehead atoms. The molecule has 0 radical (unpaired) electrons. The Kier molecular flexibility index (Phi) is 4.07. The quantitative estimate of drug-likeness (QED) is 0.588. The third-order valence-corrected chi connectivity index (χ3v) is 4.40. The van der Waals surface area contributed by atoms with E-state index in [0.717, 1.165) is 4.31 Å². The lowest BCUT2D eigenvalue weighted by molar-refractivity contribution is -0.142. The highest BCUT2D eigenvalue weighted by Crippen LogP contribution is 2.18. The van der Waals surface area contributed by atoms with Gasteiger partial charge in [0.2, 0.25) is 0 Å². The fraction of sp³-hybridized carbons (Fsp3) is 0.750. The number of aromatic nitrogens is 4. The number of carboxylic acid groups (broad SMARTS) is 1. The van der Waals surface area contributed by atoms with E-state index in [1.165, 1.54) is 0 Å². The standard InChI is InChI=1S/C8H14N6O4S/c15-8(16)6-2-1-3-14(5-6)19(17,18)9-4-7-10-12-13-11-7/h6,9H,1-5H2,(H,15,16)(H,10,11,12,13). The molecule has 19 heavy (non-hydrogen) atoms. The molecule has 1 fully saturated rings. The lowest BCUT2D eigenvalue weighted by Gasteiger charge is -2.29. The molecule has 1 aromatic rings. The topological polar surface area (TPSA) is 141 Å². The molecule has 2 heterocycles. The van der Waals surface area contributed by atoms with Crippen molar-refractivity contribution in [2.45, 2.75) is 19.4 Å². The normalized spacial score (nSPS) is 21.4. The van der Waals surface area contributed by atoms with Crippen LogP contribution in [0.2, 0.25) is 0 Å². The van der Waals surface area contributed by atoms with Crippen LogP contribution in [0.15, 0.2) is 0 Å². The van der Waals surface area contributed by atoms with Crippen molar-refractivity contribution in [3.63, 3.8) is 0 Å². The first-order valence-electron chi connectivity index (χ1n) is 5.69. The summed E-state index contributed by atoms with van der Waals surface area (Å²) in [7, 11) is -3.73. The number of H-pyrrole nitrogens is 1. The van der Waals surface area contributed by atoms with Gasteiger partial charge in [-0.25, -0.2) is 0 Å². The highest BCUT2D eigenvalue weighted by Gasteiger charge is 2.32. The zero-order chi connectivity index (χ0) is 13.9. The van der Waals surface area contributed by atoms with E-state index in [9.17, 15) is 13.2 Å². The lowest BCUT2D eigenvalue weighted by atomic mass is 10.0. The molecular weight excluding hydrogens is 276 g/mol. The van der Waals surface area contributed by atoms with Gasteiger partial charge >= 0.3 is 5.97 Å². The van der Waals surface area contributed by atoms with E-state index < -0.39 is 22.1 Å². The Bertz CT molecular complexity index is 529. The summed E-state index contributed by atoms with van der Waals surface area (Å²) < 4.78 is 27.4. The van der Waals surface area contributed by atoms with Crippen LogP contribution in [-0.4, -0.2) is 57.5 Å². The number of carbonyl (C=O) groups is 1. The number of carboxylic acids is 1. The molecule has 1 saturated heterocycles. The van der Waals surface area contributed by atoms with E-state index in [4.69, 9.17) is 5.11 Å². The summed E-state index contributed by atoms with van der Waals surface area (Å²) in [5, 5.41) is 21.7. The number of hydrogen-bond donors (Lipinski definition) is 3. The molecule has 0 aromatic carbocycles. The van der Waals surface area contributed by atoms with Gasteiger partial charge in [0.25, 0.3) is 10.2 Å². The molecule has 1 atom stereocenters. The highest BCUT2D eigenvalue weighted by atomic mass is 32.2. The number of piperidine rings is 1. The summed E-state index contributed by atoms with van der Waals surface area (Å²) in [6.45, 7) is 0.204. The Morgan fingerprint density at radius 3 is 3.00 bits per heavy atom. The van der Waals surface area contributed by atoms with Gasteiger partial charge in [-0.15, -0.1) is 10.2 Å². The van der Waals surface area contributed by atoms with Crippen molar-refractivity contribution in [2.24, 2.45) is 5.92 Å². The second kappa shape index (κ2) is 5.59. The number of nitrogens with one attached hydrogen (secondary N) is 2. The van der Waals surface area contributed by atoms with Crippen LogP contribution in [0.1, 0.15) is 18.7 Å². The fourth-order valence-electron chi connectivity index (χ4n) is 1.87. The van der Waals surface area contributed by atoms with Gasteiger partial charge in [-0.05, 0) is 12.8 Å². The zero-order valence-corrected chi connectivity index (χ0v) is 10.8. The van der Waals surface area contributed by atoms with Gasteiger partial charge in [-0.2, -0.15) is 22.7 Å². The van der Waals surface area contributed by atoms with E-state index in [1.54, 1.807) is 0 Å². The van der Waals surface area contributed by atoms with Crippen molar-refractivity contribution in [3.8, 4) is 0 Å². The summed E-state index contributed by atoms with van der Waals surface area (Å²) >= 11 is 0. The third-order valence-electron chi connectivity index (χ3n) is 2.88. The van der Waals surface area contributed by atoms with Crippen LogP contribution >= 0.6 is 0 Å². The van der Waals surface area contributed by atoms with Crippen molar-refractivity contribution in [2.75, 3.05) is 13.1 Å². The average molecular weight is 290 g/mol. The van der Waals surface area contributed by atoms with E-state index in [2.05, 4.69) is 25.3 Å². The smallest absolute Gasteiger partial charge is 0.307 e. The number of aromatic amines is 1. The van der Waals surface area contributed by atoms with Gasteiger partial charge < -0.3 is 5.11 Å². The molecule has 0 amide bonds. The Morgan fingerprint density at radius 2 is 2.37 bits per heavy atom. The van der Waals surface area contributed by atoms with E-state index in [-0.39, 0.29) is 18.9 Å². The van der Waals surface area contributed by atoms with Gasteiger partial charge in [0.1, 0.15) is 0 Å². The molecule has 1 aliphatic heterocycles. The molecule has 0 aliphatic carbocycles. The van der Waals surface area contributed by atoms with Gasteiger partial charge in [-0.3, -0.25) is 4.79 Å². The molecule has 1 aliphatic rings. The second-order valence-corrected chi connectivity index (χ2v) is 5.94. The number of tetrazole rings is 1. The van der Waals surface area contributed by atoms with Crippen molar-refractivity contribution in [1.82, 2.24) is 29.7 Å². The molecule has 0 saturated carbocycles. The summed E-state index contributed by atoms with van der Waals surface area (Å²) in [6.07, 6.45) is 1.02. The number of rotatable bonds is 5. The highest BCUT2D eigenvalue weighted by molar-refractivity contribution is 7.87. The SMILES string of the molecule is O=C(O)C1CCCN(S(=O)(=O)NCc2nn[nH]n2)C1. The van der Waals surface area contributed by atoms with Crippen molar-refractivity contribution >= 4 is 16.2 Å².